The number of carboxylic acids is 1. The summed E-state index contributed by atoms with van der Waals surface area (Å²) in [7, 11) is 0. The van der Waals surface area contributed by atoms with E-state index in [1.807, 2.05) is 0 Å². The van der Waals surface area contributed by atoms with Crippen molar-refractivity contribution in [2.75, 3.05) is 13.2 Å². The molecule has 0 aromatic carbocycles. The number of amides is 1. The number of hydrogen-bond donors (Lipinski definition) is 1. The molecule has 0 unspecified atom stereocenters. The van der Waals surface area contributed by atoms with E-state index in [0.717, 1.165) is 12.8 Å². The molecule has 2 aliphatic rings. The number of aliphatic carboxylic acids is 1. The lowest BCUT2D eigenvalue weighted by atomic mass is 10.1. The Morgan fingerprint density at radius 2 is 1.85 bits per heavy atom. The van der Waals surface area contributed by atoms with Crippen LogP contribution in [0.25, 0.3) is 0 Å². The highest BCUT2D eigenvalue weighted by Crippen LogP contribution is 2.59. The third-order valence-electron chi connectivity index (χ3n) is 4.23. The molecule has 1 N–H and O–H groups in total. The highest BCUT2D eigenvalue weighted by Gasteiger charge is 2.67. The number of hydrogen-bond acceptors (Lipinski definition) is 4. The number of rotatable bonds is 6. The molecular formula is C14H21NO5. The van der Waals surface area contributed by atoms with Crippen LogP contribution < -0.4 is 0 Å². The second-order valence-corrected chi connectivity index (χ2v) is 6.12. The Kier molecular flexibility index (Phi) is 3.75. The fourth-order valence-corrected chi connectivity index (χ4v) is 2.86. The van der Waals surface area contributed by atoms with Gasteiger partial charge in [-0.15, -0.1) is 0 Å². The Morgan fingerprint density at radius 3 is 2.25 bits per heavy atom. The van der Waals surface area contributed by atoms with Crippen molar-refractivity contribution in [3.8, 4) is 0 Å². The van der Waals surface area contributed by atoms with Crippen LogP contribution in [-0.4, -0.2) is 47.0 Å². The van der Waals surface area contributed by atoms with E-state index in [2.05, 4.69) is 0 Å². The van der Waals surface area contributed by atoms with Crippen molar-refractivity contribution in [1.29, 1.82) is 0 Å². The predicted octanol–water partition coefficient (Wildman–Crippen LogP) is 0.897. The molecule has 0 saturated heterocycles. The molecule has 0 heterocycles. The van der Waals surface area contributed by atoms with Crippen LogP contribution in [0.2, 0.25) is 0 Å². The zero-order chi connectivity index (χ0) is 15.1. The summed E-state index contributed by atoms with van der Waals surface area (Å²) < 4.78 is 4.88. The van der Waals surface area contributed by atoms with Crippen LogP contribution in [-0.2, 0) is 19.1 Å². The van der Waals surface area contributed by atoms with Crippen LogP contribution in [0.5, 0.6) is 0 Å². The highest BCUT2D eigenvalue weighted by atomic mass is 16.5. The molecule has 1 amide bonds. The second-order valence-electron chi connectivity index (χ2n) is 6.12. The van der Waals surface area contributed by atoms with Gasteiger partial charge in [-0.1, -0.05) is 13.8 Å². The molecule has 6 heteroatoms. The second kappa shape index (κ2) is 5.07. The van der Waals surface area contributed by atoms with E-state index in [1.54, 1.807) is 20.8 Å². The minimum atomic E-state index is -0.944. The fraction of sp³-hybridized carbons (Fsp3) is 0.786. The maximum Gasteiger partial charge on any atom is 0.325 e. The Balaban J connectivity index is 2.05. The summed E-state index contributed by atoms with van der Waals surface area (Å²) in [5.74, 6) is -2.79. The van der Waals surface area contributed by atoms with Crippen LogP contribution in [0.1, 0.15) is 33.6 Å². The van der Waals surface area contributed by atoms with Crippen molar-refractivity contribution >= 4 is 17.8 Å². The Hall–Kier alpha value is -1.59. The molecule has 2 atom stereocenters. The molecule has 0 aromatic rings. The van der Waals surface area contributed by atoms with E-state index in [4.69, 9.17) is 9.84 Å². The van der Waals surface area contributed by atoms with E-state index in [-0.39, 0.29) is 25.1 Å². The van der Waals surface area contributed by atoms with Crippen molar-refractivity contribution in [2.24, 2.45) is 17.3 Å². The number of carbonyl (C=O) groups is 3. The number of esters is 1. The average Bonchev–Trinajstić information content (AvgIpc) is 3.21. The first-order valence-electron chi connectivity index (χ1n) is 6.99. The molecule has 2 fully saturated rings. The SMILES string of the molecule is CCOC(=O)CN(C(=O)[C@H]1[C@@H](C(=O)O)C1(C)C)C1CC1. The summed E-state index contributed by atoms with van der Waals surface area (Å²) in [6.07, 6.45) is 1.74. The molecule has 0 aromatic heterocycles. The van der Waals surface area contributed by atoms with Gasteiger partial charge in [-0.3, -0.25) is 14.4 Å². The first kappa shape index (κ1) is 14.8. The molecule has 6 nitrogen and oxygen atoms in total. The molecule has 0 radical (unpaired) electrons. The first-order valence-corrected chi connectivity index (χ1v) is 6.99. The summed E-state index contributed by atoms with van der Waals surface area (Å²) in [6.45, 7) is 5.48. The predicted molar refractivity (Wildman–Crippen MR) is 69.8 cm³/mol. The van der Waals surface area contributed by atoms with E-state index >= 15 is 0 Å². The minimum absolute atomic E-state index is 0.0674. The highest BCUT2D eigenvalue weighted by molar-refractivity contribution is 5.93. The third-order valence-corrected chi connectivity index (χ3v) is 4.23. The molecule has 2 aliphatic carbocycles. The smallest absolute Gasteiger partial charge is 0.325 e. The van der Waals surface area contributed by atoms with Crippen molar-refractivity contribution in [3.63, 3.8) is 0 Å². The van der Waals surface area contributed by atoms with Gasteiger partial charge in [0, 0.05) is 6.04 Å². The number of carboxylic acid groups (broad SMARTS) is 1. The van der Waals surface area contributed by atoms with Crippen molar-refractivity contribution < 1.29 is 24.2 Å². The van der Waals surface area contributed by atoms with Gasteiger partial charge in [-0.05, 0) is 25.2 Å². The first-order chi connectivity index (χ1) is 9.30. The monoisotopic (exact) mass is 283 g/mol. The quantitative estimate of drug-likeness (QED) is 0.732. The molecule has 112 valence electrons. The third kappa shape index (κ3) is 2.64. The number of carbonyl (C=O) groups excluding carboxylic acids is 2. The van der Waals surface area contributed by atoms with Gasteiger partial charge in [-0.2, -0.15) is 0 Å². The maximum absolute atomic E-state index is 12.5. The lowest BCUT2D eigenvalue weighted by molar-refractivity contribution is -0.150. The largest absolute Gasteiger partial charge is 0.481 e. The van der Waals surface area contributed by atoms with Crippen molar-refractivity contribution in [1.82, 2.24) is 4.90 Å². The molecule has 0 aliphatic heterocycles. The topological polar surface area (TPSA) is 83.9 Å². The lowest BCUT2D eigenvalue weighted by Crippen LogP contribution is -2.40. The zero-order valence-electron chi connectivity index (χ0n) is 12.1. The van der Waals surface area contributed by atoms with Crippen molar-refractivity contribution in [2.45, 2.75) is 39.7 Å². The zero-order valence-corrected chi connectivity index (χ0v) is 12.1. The van der Waals surface area contributed by atoms with Crippen LogP contribution in [0.15, 0.2) is 0 Å². The van der Waals surface area contributed by atoms with E-state index in [9.17, 15) is 14.4 Å². The van der Waals surface area contributed by atoms with Gasteiger partial charge in [0.1, 0.15) is 6.54 Å². The van der Waals surface area contributed by atoms with Crippen LogP contribution in [0.3, 0.4) is 0 Å². The molecule has 20 heavy (non-hydrogen) atoms. The molecule has 2 rings (SSSR count). The van der Waals surface area contributed by atoms with Gasteiger partial charge in [-0.25, -0.2) is 0 Å². The Labute approximate surface area is 118 Å². The fourth-order valence-electron chi connectivity index (χ4n) is 2.86. The standard InChI is InChI=1S/C14H21NO5/c1-4-20-9(16)7-15(8-5-6-8)12(17)10-11(13(18)19)14(10,2)3/h8,10-11H,4-7H2,1-3H3,(H,18,19)/t10-,11+/m1/s1. The molecule has 0 spiro atoms. The van der Waals surface area contributed by atoms with E-state index in [1.165, 1.54) is 4.90 Å². The normalized spacial score (nSPS) is 26.8. The van der Waals surface area contributed by atoms with Gasteiger partial charge >= 0.3 is 11.9 Å². The van der Waals surface area contributed by atoms with E-state index < -0.39 is 29.2 Å². The van der Waals surface area contributed by atoms with Crippen LogP contribution in [0, 0.1) is 17.3 Å². The van der Waals surface area contributed by atoms with Gasteiger partial charge in [0.15, 0.2) is 0 Å². The Morgan fingerprint density at radius 1 is 1.25 bits per heavy atom. The molecule has 2 saturated carbocycles. The lowest BCUT2D eigenvalue weighted by Gasteiger charge is -2.22. The summed E-state index contributed by atoms with van der Waals surface area (Å²) >= 11 is 0. The van der Waals surface area contributed by atoms with Gasteiger partial charge in [0.25, 0.3) is 0 Å². The van der Waals surface area contributed by atoms with Gasteiger partial charge in [0.05, 0.1) is 18.4 Å². The van der Waals surface area contributed by atoms with Gasteiger partial charge < -0.3 is 14.7 Å². The van der Waals surface area contributed by atoms with E-state index in [0.29, 0.717) is 0 Å². The summed E-state index contributed by atoms with van der Waals surface area (Å²) in [5.41, 5.74) is -0.537. The number of ether oxygens (including phenoxy) is 1. The maximum atomic E-state index is 12.5. The molecular weight excluding hydrogens is 262 g/mol. The Bertz CT molecular complexity index is 441. The van der Waals surface area contributed by atoms with Gasteiger partial charge in [0.2, 0.25) is 5.91 Å². The van der Waals surface area contributed by atoms with Crippen molar-refractivity contribution in [3.05, 3.63) is 0 Å². The van der Waals surface area contributed by atoms with Crippen LogP contribution >= 0.6 is 0 Å². The average molecular weight is 283 g/mol. The minimum Gasteiger partial charge on any atom is -0.481 e. The molecule has 0 bridgehead atoms. The summed E-state index contributed by atoms with van der Waals surface area (Å²) in [6, 6.07) is 0.0674. The summed E-state index contributed by atoms with van der Waals surface area (Å²) in [4.78, 5) is 36.8. The van der Waals surface area contributed by atoms with Crippen LogP contribution in [0.4, 0.5) is 0 Å². The summed E-state index contributed by atoms with van der Waals surface area (Å²) in [5, 5.41) is 9.15. The number of nitrogens with zero attached hydrogens (tertiary/aromatic N) is 1.